The van der Waals surface area contributed by atoms with E-state index in [0.29, 0.717) is 5.69 Å². The van der Waals surface area contributed by atoms with Crippen LogP contribution in [0.2, 0.25) is 0 Å². The molecule has 3 heteroatoms. The number of nitrogens with zero attached hydrogens (tertiary/aromatic N) is 1. The van der Waals surface area contributed by atoms with Gasteiger partial charge in [-0.3, -0.25) is 9.89 Å². The molecule has 72 valence electrons. The van der Waals surface area contributed by atoms with Crippen molar-refractivity contribution < 1.29 is 4.79 Å². The molecule has 13 heavy (non-hydrogen) atoms. The van der Waals surface area contributed by atoms with Crippen LogP contribution in [0.1, 0.15) is 42.7 Å². The van der Waals surface area contributed by atoms with Crippen molar-refractivity contribution in [1.82, 2.24) is 10.2 Å². The maximum atomic E-state index is 11.4. The molecule has 0 amide bonds. The minimum Gasteiger partial charge on any atom is -0.292 e. The molecule has 3 nitrogen and oxygen atoms in total. The van der Waals surface area contributed by atoms with Gasteiger partial charge in [0.15, 0.2) is 5.78 Å². The summed E-state index contributed by atoms with van der Waals surface area (Å²) in [5.41, 5.74) is 1.66. The first-order valence-electron chi connectivity index (χ1n) is 4.83. The average Bonchev–Trinajstić information content (AvgIpc) is 2.92. The van der Waals surface area contributed by atoms with Gasteiger partial charge >= 0.3 is 0 Å². The minimum atomic E-state index is 0.236. The van der Waals surface area contributed by atoms with Gasteiger partial charge in [0.1, 0.15) is 5.69 Å². The number of aryl methyl sites for hydroxylation is 1. The van der Waals surface area contributed by atoms with Gasteiger partial charge in [-0.25, -0.2) is 0 Å². The predicted molar refractivity (Wildman–Crippen MR) is 51.7 cm³/mol. The van der Waals surface area contributed by atoms with Crippen LogP contribution in [0, 0.1) is 12.8 Å². The molecule has 0 atom stereocenters. The Morgan fingerprint density at radius 1 is 1.54 bits per heavy atom. The molecule has 1 aromatic rings. The van der Waals surface area contributed by atoms with Crippen LogP contribution in [0.4, 0.5) is 0 Å². The molecule has 0 bridgehead atoms. The van der Waals surface area contributed by atoms with E-state index < -0.39 is 0 Å². The summed E-state index contributed by atoms with van der Waals surface area (Å²) in [6.45, 7) is 5.90. The van der Waals surface area contributed by atoms with Gasteiger partial charge in [-0.15, -0.1) is 0 Å². The van der Waals surface area contributed by atoms with Gasteiger partial charge in [0, 0.05) is 5.92 Å². The van der Waals surface area contributed by atoms with Gasteiger partial charge in [0.05, 0.1) is 6.20 Å². The van der Waals surface area contributed by atoms with E-state index in [0.717, 1.165) is 18.4 Å². The fraction of sp³-hybridized carbons (Fsp3) is 0.600. The van der Waals surface area contributed by atoms with Crippen LogP contribution >= 0.6 is 0 Å². The highest BCUT2D eigenvalue weighted by Gasteiger charge is 2.31. The van der Waals surface area contributed by atoms with Crippen molar-refractivity contribution in [2.24, 2.45) is 5.92 Å². The summed E-state index contributed by atoms with van der Waals surface area (Å²) in [7, 11) is 0. The molecule has 1 aliphatic rings. The second-order valence-electron chi connectivity index (χ2n) is 3.07. The van der Waals surface area contributed by atoms with Gasteiger partial charge in [-0.2, -0.15) is 5.10 Å². The second-order valence-corrected chi connectivity index (χ2v) is 3.07. The van der Waals surface area contributed by atoms with Gasteiger partial charge in [0.2, 0.25) is 0 Å². The summed E-state index contributed by atoms with van der Waals surface area (Å²) in [5.74, 6) is 0.522. The van der Waals surface area contributed by atoms with Crippen LogP contribution in [-0.2, 0) is 0 Å². The third-order valence-electron chi connectivity index (χ3n) is 2.02. The number of hydrogen-bond donors (Lipinski definition) is 1. The van der Waals surface area contributed by atoms with E-state index in [9.17, 15) is 4.79 Å². The number of ketones is 1. The lowest BCUT2D eigenvalue weighted by Crippen LogP contribution is -2.03. The van der Waals surface area contributed by atoms with Crippen molar-refractivity contribution in [1.29, 1.82) is 0 Å². The number of Topliss-reactive ketones (excluding diaryl/α,β-unsaturated/α-hetero) is 1. The molecule has 0 saturated heterocycles. The monoisotopic (exact) mass is 180 g/mol. The van der Waals surface area contributed by atoms with E-state index in [4.69, 9.17) is 0 Å². The first-order valence-corrected chi connectivity index (χ1v) is 4.83. The highest BCUT2D eigenvalue weighted by molar-refractivity contribution is 5.98. The molecule has 1 fully saturated rings. The predicted octanol–water partition coefficient (Wildman–Crippen LogP) is 2.34. The van der Waals surface area contributed by atoms with Crippen molar-refractivity contribution in [2.75, 3.05) is 0 Å². The number of hydrogen-bond acceptors (Lipinski definition) is 2. The summed E-state index contributed by atoms with van der Waals surface area (Å²) in [6.07, 6.45) is 3.80. The number of aromatic nitrogens is 2. The van der Waals surface area contributed by atoms with Gasteiger partial charge in [-0.1, -0.05) is 13.8 Å². The largest absolute Gasteiger partial charge is 0.292 e. The number of carbonyl (C=O) groups excluding carboxylic acids is 1. The first kappa shape index (κ1) is 9.96. The number of rotatable bonds is 2. The third kappa shape index (κ3) is 2.17. The lowest BCUT2D eigenvalue weighted by Gasteiger charge is -1.93. The van der Waals surface area contributed by atoms with Crippen LogP contribution in [0.15, 0.2) is 6.20 Å². The minimum absolute atomic E-state index is 0.236. The molecule has 0 radical (unpaired) electrons. The van der Waals surface area contributed by atoms with Crippen molar-refractivity contribution in [3.8, 4) is 0 Å². The van der Waals surface area contributed by atoms with E-state index in [1.165, 1.54) is 0 Å². The Hall–Kier alpha value is -1.12. The molecule has 1 heterocycles. The molecule has 0 aromatic carbocycles. The van der Waals surface area contributed by atoms with Crippen molar-refractivity contribution in [3.63, 3.8) is 0 Å². The molecule has 1 N–H and O–H groups in total. The summed E-state index contributed by atoms with van der Waals surface area (Å²) >= 11 is 0. The van der Waals surface area contributed by atoms with E-state index in [2.05, 4.69) is 10.2 Å². The van der Waals surface area contributed by atoms with Crippen LogP contribution < -0.4 is 0 Å². The zero-order chi connectivity index (χ0) is 9.84. The molecule has 0 unspecified atom stereocenters. The molecular formula is C10H16N2O. The molecule has 2 rings (SSSR count). The topological polar surface area (TPSA) is 45.8 Å². The Bertz CT molecular complexity index is 287. The molecule has 1 saturated carbocycles. The van der Waals surface area contributed by atoms with Crippen molar-refractivity contribution in [2.45, 2.75) is 33.6 Å². The SMILES string of the molecule is CC.Cc1cn[nH]c1C(=O)C1CC1. The van der Waals surface area contributed by atoms with Crippen LogP contribution in [-0.4, -0.2) is 16.0 Å². The summed E-state index contributed by atoms with van der Waals surface area (Å²) < 4.78 is 0. The van der Waals surface area contributed by atoms with Crippen molar-refractivity contribution >= 4 is 5.78 Å². The number of nitrogens with one attached hydrogen (secondary N) is 1. The highest BCUT2D eigenvalue weighted by Crippen LogP contribution is 2.32. The van der Waals surface area contributed by atoms with E-state index in [1.807, 2.05) is 20.8 Å². The van der Waals surface area contributed by atoms with Crippen LogP contribution in [0.3, 0.4) is 0 Å². The van der Waals surface area contributed by atoms with E-state index >= 15 is 0 Å². The number of carbonyl (C=O) groups is 1. The number of aromatic amines is 1. The Morgan fingerprint density at radius 3 is 2.54 bits per heavy atom. The summed E-state index contributed by atoms with van der Waals surface area (Å²) in [4.78, 5) is 11.4. The zero-order valence-corrected chi connectivity index (χ0v) is 8.42. The summed E-state index contributed by atoms with van der Waals surface area (Å²) in [6, 6.07) is 0. The van der Waals surface area contributed by atoms with E-state index in [1.54, 1.807) is 6.20 Å². The van der Waals surface area contributed by atoms with Gasteiger partial charge < -0.3 is 0 Å². The normalized spacial score (nSPS) is 14.7. The maximum Gasteiger partial charge on any atom is 0.183 e. The quantitative estimate of drug-likeness (QED) is 0.710. The fourth-order valence-corrected chi connectivity index (χ4v) is 1.15. The smallest absolute Gasteiger partial charge is 0.183 e. The Labute approximate surface area is 78.5 Å². The maximum absolute atomic E-state index is 11.4. The lowest BCUT2D eigenvalue weighted by atomic mass is 10.1. The van der Waals surface area contributed by atoms with Gasteiger partial charge in [0.25, 0.3) is 0 Å². The zero-order valence-electron chi connectivity index (χ0n) is 8.42. The van der Waals surface area contributed by atoms with E-state index in [-0.39, 0.29) is 11.7 Å². The lowest BCUT2D eigenvalue weighted by molar-refractivity contribution is 0.0962. The standard InChI is InChI=1S/C8H10N2O.C2H6/c1-5-4-9-10-7(5)8(11)6-2-3-6;1-2/h4,6H,2-3H2,1H3,(H,9,10);1-2H3. The molecular weight excluding hydrogens is 164 g/mol. The Balaban J connectivity index is 0.000000396. The van der Waals surface area contributed by atoms with Gasteiger partial charge in [-0.05, 0) is 25.3 Å². The third-order valence-corrected chi connectivity index (χ3v) is 2.02. The molecule has 0 spiro atoms. The molecule has 1 aliphatic carbocycles. The van der Waals surface area contributed by atoms with Crippen LogP contribution in [0.25, 0.3) is 0 Å². The second kappa shape index (κ2) is 4.21. The Morgan fingerprint density at radius 2 is 2.15 bits per heavy atom. The fourth-order valence-electron chi connectivity index (χ4n) is 1.15. The average molecular weight is 180 g/mol. The summed E-state index contributed by atoms with van der Waals surface area (Å²) in [5, 5.41) is 6.53. The van der Waals surface area contributed by atoms with Crippen LogP contribution in [0.5, 0.6) is 0 Å². The number of H-pyrrole nitrogens is 1. The Kier molecular flexibility index (Phi) is 3.23. The first-order chi connectivity index (χ1) is 6.29. The highest BCUT2D eigenvalue weighted by atomic mass is 16.1. The molecule has 0 aliphatic heterocycles. The van der Waals surface area contributed by atoms with Crippen molar-refractivity contribution in [3.05, 3.63) is 17.5 Å². The molecule has 1 aromatic heterocycles.